The molecule has 47 heavy (non-hydrogen) atoms. The molecule has 2 fully saturated rings. The van der Waals surface area contributed by atoms with Gasteiger partial charge in [-0.05, 0) is 62.9 Å². The van der Waals surface area contributed by atoms with Crippen molar-refractivity contribution in [3.05, 3.63) is 46.0 Å². The number of nitrogens with one attached hydrogen (secondary N) is 1. The van der Waals surface area contributed by atoms with Crippen LogP contribution in [0.3, 0.4) is 0 Å². The molecule has 0 bridgehead atoms. The summed E-state index contributed by atoms with van der Waals surface area (Å²) >= 11 is 1.01. The summed E-state index contributed by atoms with van der Waals surface area (Å²) in [4.78, 5) is 27.6. The highest BCUT2D eigenvalue weighted by molar-refractivity contribution is 7.18. The Balaban J connectivity index is 1.06. The number of thiophene rings is 1. The molecule has 5 N–H and O–H groups in total. The average molecular weight is 672 g/mol. The second-order valence-electron chi connectivity index (χ2n) is 13.2. The molecule has 4 aromatic rings. The Morgan fingerprint density at radius 3 is 2.45 bits per heavy atom. The van der Waals surface area contributed by atoms with Crippen LogP contribution in [-0.4, -0.2) is 99.2 Å². The van der Waals surface area contributed by atoms with Gasteiger partial charge in [-0.2, -0.15) is 18.2 Å². The van der Waals surface area contributed by atoms with Crippen LogP contribution in [0, 0.1) is 13.8 Å². The van der Waals surface area contributed by atoms with Crippen LogP contribution in [-0.2, 0) is 24.3 Å². The number of rotatable bonds is 10. The smallest absolute Gasteiger partial charge is 0.369 e. The molecule has 3 aromatic heterocycles. The average Bonchev–Trinajstić information content (AvgIpc) is 3.54. The van der Waals surface area contributed by atoms with Gasteiger partial charge >= 0.3 is 6.18 Å². The van der Waals surface area contributed by atoms with E-state index in [4.69, 9.17) is 11.5 Å². The first kappa shape index (κ1) is 33.4. The molecule has 0 spiro atoms. The molecule has 1 atom stereocenters. The molecule has 254 valence electrons. The highest BCUT2D eigenvalue weighted by Crippen LogP contribution is 2.34. The number of likely N-dealkylation sites (tertiary alicyclic amines) is 1. The quantitative estimate of drug-likeness (QED) is 0.225. The van der Waals surface area contributed by atoms with Gasteiger partial charge in [-0.15, -0.1) is 11.3 Å². The molecule has 10 nitrogen and oxygen atoms in total. The summed E-state index contributed by atoms with van der Waals surface area (Å²) in [5, 5.41) is 5.34. The summed E-state index contributed by atoms with van der Waals surface area (Å²) in [5.74, 6) is 0.298. The molecule has 14 heteroatoms. The SMILES string of the molecule is Cc1c(CN2CCC(Nc3nc(N)nc4sc(CC(F)(F)F)cc34)CC2)ccc2c1cc(C)n2C[C@H](C)N1CCN(CC(N)=O)CC1. The Morgan fingerprint density at radius 2 is 1.77 bits per heavy atom. The minimum atomic E-state index is -4.28. The van der Waals surface area contributed by atoms with Gasteiger partial charge in [0.1, 0.15) is 10.6 Å². The van der Waals surface area contributed by atoms with E-state index in [-0.39, 0.29) is 22.8 Å². The number of hydrogen-bond donors (Lipinski definition) is 3. The number of piperidine rings is 1. The van der Waals surface area contributed by atoms with Crippen molar-refractivity contribution in [1.29, 1.82) is 0 Å². The first-order chi connectivity index (χ1) is 22.3. The number of nitrogens with two attached hydrogens (primary N) is 2. The fourth-order valence-corrected chi connectivity index (χ4v) is 8.15. The Labute approximate surface area is 276 Å². The number of carbonyl (C=O) groups excluding carboxylic acids is 1. The number of piperazine rings is 1. The highest BCUT2D eigenvalue weighted by atomic mass is 32.1. The van der Waals surface area contributed by atoms with E-state index in [0.717, 1.165) is 76.5 Å². The molecule has 2 aliphatic heterocycles. The second kappa shape index (κ2) is 13.6. The summed E-state index contributed by atoms with van der Waals surface area (Å²) in [6, 6.07) is 8.87. The first-order valence-corrected chi connectivity index (χ1v) is 17.1. The minimum absolute atomic E-state index is 0.0575. The van der Waals surface area contributed by atoms with Crippen LogP contribution in [0.1, 0.15) is 41.5 Å². The zero-order chi connectivity index (χ0) is 33.5. The Morgan fingerprint density at radius 1 is 1.04 bits per heavy atom. The van der Waals surface area contributed by atoms with E-state index in [1.165, 1.54) is 33.8 Å². The van der Waals surface area contributed by atoms with Crippen LogP contribution >= 0.6 is 11.3 Å². The van der Waals surface area contributed by atoms with Crippen LogP contribution in [0.25, 0.3) is 21.1 Å². The lowest BCUT2D eigenvalue weighted by Crippen LogP contribution is -2.52. The number of anilines is 2. The number of aryl methyl sites for hydroxylation is 2. The standard InChI is InChI=1S/C33H44F3N9OS/c1-20-14-26-22(3)23(4-5-28(26)45(20)17-21(2)44-12-10-43(11-13-44)19-29(37)46)18-42-8-6-24(7-9-42)39-30-27-15-25(16-33(34,35)36)47-31(27)41-32(38)40-30/h4-5,14-15,21,24H,6-13,16-19H2,1-3H3,(H2,37,46)(H3,38,39,40,41)/t21-/m0/s1. The molecule has 5 heterocycles. The summed E-state index contributed by atoms with van der Waals surface area (Å²) in [5.41, 5.74) is 16.4. The zero-order valence-corrected chi connectivity index (χ0v) is 28.1. The molecular weight excluding hydrogens is 627 g/mol. The third-order valence-electron chi connectivity index (χ3n) is 9.69. The molecule has 6 rings (SSSR count). The van der Waals surface area contributed by atoms with Crippen LogP contribution in [0.15, 0.2) is 24.3 Å². The molecule has 0 saturated carbocycles. The van der Waals surface area contributed by atoms with Gasteiger partial charge in [0.05, 0.1) is 18.4 Å². The summed E-state index contributed by atoms with van der Waals surface area (Å²) in [7, 11) is 0. The molecule has 0 aliphatic carbocycles. The lowest BCUT2D eigenvalue weighted by atomic mass is 10.0. The van der Waals surface area contributed by atoms with E-state index in [1.807, 2.05) is 0 Å². The third-order valence-corrected chi connectivity index (χ3v) is 10.7. The lowest BCUT2D eigenvalue weighted by molar-refractivity contribution is -0.126. The number of carbonyl (C=O) groups is 1. The van der Waals surface area contributed by atoms with Crippen molar-refractivity contribution < 1.29 is 18.0 Å². The number of alkyl halides is 3. The maximum Gasteiger partial charge on any atom is 0.393 e. The molecule has 0 unspecified atom stereocenters. The Kier molecular flexibility index (Phi) is 9.66. The van der Waals surface area contributed by atoms with E-state index in [2.05, 4.69) is 73.5 Å². The van der Waals surface area contributed by atoms with E-state index < -0.39 is 12.6 Å². The second-order valence-corrected chi connectivity index (χ2v) is 14.3. The summed E-state index contributed by atoms with van der Waals surface area (Å²) in [6.07, 6.45) is -3.50. The molecule has 1 aromatic carbocycles. The van der Waals surface area contributed by atoms with Gasteiger partial charge in [0.2, 0.25) is 11.9 Å². The molecule has 0 radical (unpaired) electrons. The maximum absolute atomic E-state index is 13.0. The number of benzene rings is 1. The largest absolute Gasteiger partial charge is 0.393 e. The number of aromatic nitrogens is 3. The van der Waals surface area contributed by atoms with Gasteiger partial charge in [0.25, 0.3) is 0 Å². The van der Waals surface area contributed by atoms with Gasteiger partial charge in [-0.3, -0.25) is 19.5 Å². The fraction of sp³-hybridized carbons (Fsp3) is 0.545. The van der Waals surface area contributed by atoms with Crippen LogP contribution in [0.5, 0.6) is 0 Å². The van der Waals surface area contributed by atoms with Crippen molar-refractivity contribution in [2.45, 2.75) is 71.4 Å². The van der Waals surface area contributed by atoms with Crippen LogP contribution < -0.4 is 16.8 Å². The van der Waals surface area contributed by atoms with E-state index >= 15 is 0 Å². The van der Waals surface area contributed by atoms with Gasteiger partial charge < -0.3 is 21.4 Å². The molecule has 2 saturated heterocycles. The first-order valence-electron chi connectivity index (χ1n) is 16.3. The van der Waals surface area contributed by atoms with Crippen LogP contribution in [0.4, 0.5) is 24.9 Å². The number of halogens is 3. The predicted octanol–water partition coefficient (Wildman–Crippen LogP) is 4.52. The van der Waals surface area contributed by atoms with Crippen molar-refractivity contribution in [2.75, 3.05) is 56.9 Å². The summed E-state index contributed by atoms with van der Waals surface area (Å²) in [6.45, 7) is 14.1. The number of nitrogens with zero attached hydrogens (tertiary/aromatic N) is 6. The van der Waals surface area contributed by atoms with E-state index in [0.29, 0.717) is 28.6 Å². The van der Waals surface area contributed by atoms with Crippen molar-refractivity contribution in [3.8, 4) is 0 Å². The molecular formula is C33H44F3N9OS. The van der Waals surface area contributed by atoms with Gasteiger partial charge in [-0.25, -0.2) is 4.98 Å². The normalized spacial score (nSPS) is 18.3. The Hall–Kier alpha value is -3.46. The van der Waals surface area contributed by atoms with E-state index in [9.17, 15) is 18.0 Å². The van der Waals surface area contributed by atoms with Gasteiger partial charge in [0.15, 0.2) is 0 Å². The fourth-order valence-electron chi connectivity index (χ4n) is 7.08. The highest BCUT2D eigenvalue weighted by Gasteiger charge is 2.30. The van der Waals surface area contributed by atoms with Crippen molar-refractivity contribution in [3.63, 3.8) is 0 Å². The molecule has 2 aliphatic rings. The number of hydrogen-bond acceptors (Lipinski definition) is 9. The van der Waals surface area contributed by atoms with E-state index in [1.54, 1.807) is 0 Å². The number of nitrogen functional groups attached to an aromatic ring is 1. The van der Waals surface area contributed by atoms with Gasteiger partial charge in [0, 0.05) is 85.9 Å². The topological polar surface area (TPSA) is 122 Å². The predicted molar refractivity (Wildman–Crippen MR) is 182 cm³/mol. The maximum atomic E-state index is 13.0. The van der Waals surface area contributed by atoms with Crippen LogP contribution in [0.2, 0.25) is 0 Å². The number of amides is 1. The third kappa shape index (κ3) is 7.82. The molecule has 1 amide bonds. The number of primary amides is 1. The number of fused-ring (bicyclic) bond motifs is 2. The summed E-state index contributed by atoms with van der Waals surface area (Å²) < 4.78 is 41.4. The minimum Gasteiger partial charge on any atom is -0.369 e. The zero-order valence-electron chi connectivity index (χ0n) is 27.2. The monoisotopic (exact) mass is 671 g/mol. The van der Waals surface area contributed by atoms with Crippen molar-refractivity contribution in [1.82, 2.24) is 29.2 Å². The Bertz CT molecular complexity index is 1740. The lowest BCUT2D eigenvalue weighted by Gasteiger charge is -2.38. The van der Waals surface area contributed by atoms with Crippen molar-refractivity contribution in [2.24, 2.45) is 5.73 Å². The van der Waals surface area contributed by atoms with Crippen molar-refractivity contribution >= 4 is 50.1 Å². The van der Waals surface area contributed by atoms with Gasteiger partial charge in [-0.1, -0.05) is 6.07 Å².